The van der Waals surface area contributed by atoms with Crippen LogP contribution < -0.4 is 9.47 Å². The van der Waals surface area contributed by atoms with Gasteiger partial charge in [-0.2, -0.15) is 0 Å². The fraction of sp³-hybridized carbons (Fsp3) is 0.348. The lowest BCUT2D eigenvalue weighted by atomic mass is 9.90. The van der Waals surface area contributed by atoms with E-state index in [1.807, 2.05) is 0 Å². The van der Waals surface area contributed by atoms with Gasteiger partial charge in [-0.05, 0) is 72.7 Å². The number of imidazole rings is 1. The van der Waals surface area contributed by atoms with Crippen molar-refractivity contribution >= 4 is 28.9 Å². The third kappa shape index (κ3) is 2.38. The minimum Gasteiger partial charge on any atom is -0.371 e. The molecule has 0 aliphatic carbocycles. The van der Waals surface area contributed by atoms with Crippen LogP contribution in [0.15, 0.2) is 36.4 Å². The van der Waals surface area contributed by atoms with E-state index >= 15 is 0 Å². The first-order valence-electron chi connectivity index (χ1n) is 9.74. The molecule has 0 saturated heterocycles. The van der Waals surface area contributed by atoms with E-state index < -0.39 is 0 Å². The molecule has 0 unspecified atom stereocenters. The summed E-state index contributed by atoms with van der Waals surface area (Å²) in [6.07, 6.45) is 9.58. The number of rotatable bonds is 2. The molecule has 0 bridgehead atoms. The second kappa shape index (κ2) is 6.01. The van der Waals surface area contributed by atoms with E-state index in [9.17, 15) is 0 Å². The monoisotopic (exact) mass is 344 g/mol. The van der Waals surface area contributed by atoms with Crippen LogP contribution in [0.2, 0.25) is 0 Å². The van der Waals surface area contributed by atoms with E-state index in [0.29, 0.717) is 0 Å². The molecule has 0 spiro atoms. The summed E-state index contributed by atoms with van der Waals surface area (Å²) in [5.74, 6) is 1.22. The quantitative estimate of drug-likeness (QED) is 0.643. The molecule has 0 amide bonds. The first-order valence-corrected chi connectivity index (χ1v) is 9.74. The SMILES string of the molecule is Cn1c(/C=C/c2cc3c4c(c2)CCCN4CCC3)[n+](C)c2ccccc21. The van der Waals surface area contributed by atoms with Gasteiger partial charge in [0.05, 0.1) is 14.1 Å². The highest BCUT2D eigenvalue weighted by Gasteiger charge is 2.24. The van der Waals surface area contributed by atoms with Gasteiger partial charge in [0.1, 0.15) is 0 Å². The van der Waals surface area contributed by atoms with Crippen LogP contribution in [0.5, 0.6) is 0 Å². The Morgan fingerprint density at radius 3 is 2.35 bits per heavy atom. The Kier molecular flexibility index (Phi) is 3.63. The van der Waals surface area contributed by atoms with Gasteiger partial charge in [0.25, 0.3) is 5.82 Å². The molecule has 0 saturated carbocycles. The number of hydrogen-bond acceptors (Lipinski definition) is 1. The van der Waals surface area contributed by atoms with E-state index in [2.05, 4.69) is 76.7 Å². The highest BCUT2D eigenvalue weighted by Crippen LogP contribution is 2.36. The van der Waals surface area contributed by atoms with Crippen LogP contribution >= 0.6 is 0 Å². The van der Waals surface area contributed by atoms with E-state index in [1.54, 1.807) is 16.8 Å². The summed E-state index contributed by atoms with van der Waals surface area (Å²) in [4.78, 5) is 2.61. The molecular formula is C23H26N3+. The highest BCUT2D eigenvalue weighted by molar-refractivity contribution is 5.77. The Balaban J connectivity index is 1.56. The van der Waals surface area contributed by atoms with Crippen molar-refractivity contribution in [2.24, 2.45) is 14.1 Å². The Morgan fingerprint density at radius 2 is 1.65 bits per heavy atom. The molecule has 132 valence electrons. The molecule has 5 rings (SSSR count). The maximum absolute atomic E-state index is 2.61. The lowest BCUT2D eigenvalue weighted by molar-refractivity contribution is -0.647. The van der Waals surface area contributed by atoms with Crippen LogP contribution in [0.1, 0.15) is 35.4 Å². The molecule has 0 fully saturated rings. The number of nitrogens with zero attached hydrogens (tertiary/aromatic N) is 3. The van der Waals surface area contributed by atoms with Crippen molar-refractivity contribution in [2.75, 3.05) is 18.0 Å². The maximum atomic E-state index is 2.61. The predicted molar refractivity (Wildman–Crippen MR) is 108 cm³/mol. The molecule has 3 heteroatoms. The number of anilines is 1. The fourth-order valence-corrected chi connectivity index (χ4v) is 4.82. The largest absolute Gasteiger partial charge is 0.371 e. The summed E-state index contributed by atoms with van der Waals surface area (Å²) in [5.41, 5.74) is 8.53. The Bertz CT molecular complexity index is 955. The zero-order valence-electron chi connectivity index (χ0n) is 15.7. The van der Waals surface area contributed by atoms with E-state index in [1.165, 1.54) is 61.2 Å². The topological polar surface area (TPSA) is 12.1 Å². The minimum atomic E-state index is 1.22. The highest BCUT2D eigenvalue weighted by atomic mass is 15.1. The van der Waals surface area contributed by atoms with Crippen LogP contribution in [0.4, 0.5) is 5.69 Å². The third-order valence-electron chi connectivity index (χ3n) is 6.07. The van der Waals surface area contributed by atoms with Gasteiger partial charge in [0.2, 0.25) is 0 Å². The Morgan fingerprint density at radius 1 is 0.962 bits per heavy atom. The number of aromatic nitrogens is 2. The Hall–Kier alpha value is -2.55. The van der Waals surface area contributed by atoms with Crippen molar-refractivity contribution in [3.63, 3.8) is 0 Å². The lowest BCUT2D eigenvalue weighted by Crippen LogP contribution is -2.34. The molecule has 1 aromatic heterocycles. The first-order chi connectivity index (χ1) is 12.7. The molecule has 26 heavy (non-hydrogen) atoms. The van der Waals surface area contributed by atoms with Gasteiger partial charge >= 0.3 is 0 Å². The van der Waals surface area contributed by atoms with Crippen molar-refractivity contribution < 1.29 is 4.57 Å². The van der Waals surface area contributed by atoms with E-state index in [-0.39, 0.29) is 0 Å². The summed E-state index contributed by atoms with van der Waals surface area (Å²) < 4.78 is 4.55. The molecule has 3 aromatic rings. The summed E-state index contributed by atoms with van der Waals surface area (Å²) in [6.45, 7) is 2.47. The van der Waals surface area contributed by atoms with Gasteiger partial charge in [-0.15, -0.1) is 0 Å². The van der Waals surface area contributed by atoms with Gasteiger partial charge in [-0.25, -0.2) is 9.13 Å². The van der Waals surface area contributed by atoms with Crippen molar-refractivity contribution in [3.05, 3.63) is 58.9 Å². The number of benzene rings is 2. The van der Waals surface area contributed by atoms with Gasteiger partial charge in [-0.1, -0.05) is 12.1 Å². The second-order valence-corrected chi connectivity index (χ2v) is 7.68. The van der Waals surface area contributed by atoms with Crippen LogP contribution in [0.25, 0.3) is 23.2 Å². The van der Waals surface area contributed by atoms with Crippen LogP contribution in [-0.4, -0.2) is 17.7 Å². The zero-order chi connectivity index (χ0) is 17.7. The molecule has 0 radical (unpaired) electrons. The van der Waals surface area contributed by atoms with Gasteiger partial charge in [0.15, 0.2) is 11.0 Å². The predicted octanol–water partition coefficient (Wildman–Crippen LogP) is 3.87. The standard InChI is InChI=1S/C23H26N3/c1-24-20-9-3-4-10-21(20)25(2)22(24)12-11-17-15-18-7-5-13-26-14-6-8-19(16-17)23(18)26/h3-4,9-12,15-16H,5-8,13-14H2,1-2H3/q+1. The van der Waals surface area contributed by atoms with Gasteiger partial charge in [0, 0.05) is 24.9 Å². The third-order valence-corrected chi connectivity index (χ3v) is 6.07. The van der Waals surface area contributed by atoms with Crippen LogP contribution in [0.3, 0.4) is 0 Å². The zero-order valence-corrected chi connectivity index (χ0v) is 15.7. The molecule has 2 aliphatic heterocycles. The smallest absolute Gasteiger partial charge is 0.281 e. The summed E-state index contributed by atoms with van der Waals surface area (Å²) in [6, 6.07) is 13.4. The average molecular weight is 344 g/mol. The summed E-state index contributed by atoms with van der Waals surface area (Å²) >= 11 is 0. The number of fused-ring (bicyclic) bond motifs is 1. The van der Waals surface area contributed by atoms with E-state index in [0.717, 1.165) is 0 Å². The van der Waals surface area contributed by atoms with Gasteiger partial charge in [-0.3, -0.25) is 0 Å². The number of hydrogen-bond donors (Lipinski definition) is 0. The molecule has 3 nitrogen and oxygen atoms in total. The maximum Gasteiger partial charge on any atom is 0.281 e. The number of para-hydroxylation sites is 2. The van der Waals surface area contributed by atoms with Crippen molar-refractivity contribution in [1.29, 1.82) is 0 Å². The molecule has 0 N–H and O–H groups in total. The van der Waals surface area contributed by atoms with Crippen molar-refractivity contribution in [2.45, 2.75) is 25.7 Å². The molecule has 3 heterocycles. The Labute approximate surface area is 155 Å². The summed E-state index contributed by atoms with van der Waals surface area (Å²) in [7, 11) is 4.30. The fourth-order valence-electron chi connectivity index (χ4n) is 4.82. The normalized spacial score (nSPS) is 16.5. The van der Waals surface area contributed by atoms with Gasteiger partial charge < -0.3 is 4.90 Å². The van der Waals surface area contributed by atoms with Crippen LogP contribution in [-0.2, 0) is 26.9 Å². The van der Waals surface area contributed by atoms with Crippen molar-refractivity contribution in [3.8, 4) is 0 Å². The molecule has 2 aromatic carbocycles. The average Bonchev–Trinajstić information content (AvgIpc) is 2.91. The second-order valence-electron chi connectivity index (χ2n) is 7.68. The minimum absolute atomic E-state index is 1.22. The molecule has 2 aliphatic rings. The molecule has 0 atom stereocenters. The first kappa shape index (κ1) is 15.7. The van der Waals surface area contributed by atoms with Crippen molar-refractivity contribution in [1.82, 2.24) is 4.57 Å². The molecular weight excluding hydrogens is 318 g/mol. The lowest BCUT2D eigenvalue weighted by Gasteiger charge is -2.37. The summed E-state index contributed by atoms with van der Waals surface area (Å²) in [5, 5.41) is 0. The number of aryl methyl sites for hydroxylation is 4. The van der Waals surface area contributed by atoms with Crippen LogP contribution in [0, 0.1) is 0 Å². The van der Waals surface area contributed by atoms with E-state index in [4.69, 9.17) is 0 Å².